The first kappa shape index (κ1) is 21.6. The SMILES string of the molecule is FC(F)(F)C(F)(F)C(F)(F)C(=C(c1ccccc1)c1ccccc1)c1ccccc1. The average Bonchev–Trinajstić information content (AvgIpc) is 2.72. The van der Waals surface area contributed by atoms with E-state index in [1.54, 1.807) is 12.1 Å². The van der Waals surface area contributed by atoms with Crippen LogP contribution in [-0.2, 0) is 0 Å². The summed E-state index contributed by atoms with van der Waals surface area (Å²) in [5.74, 6) is -11.8. The van der Waals surface area contributed by atoms with E-state index < -0.39 is 34.7 Å². The molecule has 156 valence electrons. The van der Waals surface area contributed by atoms with Gasteiger partial charge in [-0.15, -0.1) is 0 Å². The summed E-state index contributed by atoms with van der Waals surface area (Å²) < 4.78 is 97.6. The van der Waals surface area contributed by atoms with E-state index in [2.05, 4.69) is 0 Å². The number of hydrogen-bond donors (Lipinski definition) is 0. The average molecular weight is 424 g/mol. The summed E-state index contributed by atoms with van der Waals surface area (Å²) in [7, 11) is 0. The molecule has 0 N–H and O–H groups in total. The van der Waals surface area contributed by atoms with Crippen LogP contribution in [0.5, 0.6) is 0 Å². The first-order chi connectivity index (χ1) is 14.1. The van der Waals surface area contributed by atoms with E-state index in [0.717, 1.165) is 12.1 Å². The molecule has 0 aliphatic rings. The van der Waals surface area contributed by atoms with Gasteiger partial charge in [-0.2, -0.15) is 30.7 Å². The summed E-state index contributed by atoms with van der Waals surface area (Å²) >= 11 is 0. The Balaban J connectivity index is 2.47. The molecular formula is C23H15F7. The van der Waals surface area contributed by atoms with Crippen molar-refractivity contribution in [2.24, 2.45) is 0 Å². The summed E-state index contributed by atoms with van der Waals surface area (Å²) in [6, 6.07) is 20.8. The maximum absolute atomic E-state index is 15.1. The molecule has 0 radical (unpaired) electrons. The minimum absolute atomic E-state index is 0.0835. The zero-order valence-corrected chi connectivity index (χ0v) is 15.3. The van der Waals surface area contributed by atoms with Crippen molar-refractivity contribution in [2.75, 3.05) is 0 Å². The van der Waals surface area contributed by atoms with Crippen molar-refractivity contribution in [1.82, 2.24) is 0 Å². The first-order valence-electron chi connectivity index (χ1n) is 8.80. The van der Waals surface area contributed by atoms with Crippen LogP contribution in [0.15, 0.2) is 91.0 Å². The maximum Gasteiger partial charge on any atom is 0.460 e. The Hall–Kier alpha value is -3.09. The summed E-state index contributed by atoms with van der Waals surface area (Å²) in [4.78, 5) is 0. The fraction of sp³-hybridized carbons (Fsp3) is 0.130. The van der Waals surface area contributed by atoms with Crippen molar-refractivity contribution in [3.8, 4) is 0 Å². The van der Waals surface area contributed by atoms with Gasteiger partial charge in [-0.1, -0.05) is 91.0 Å². The largest absolute Gasteiger partial charge is 0.460 e. The van der Waals surface area contributed by atoms with E-state index in [0.29, 0.717) is 0 Å². The van der Waals surface area contributed by atoms with Crippen LogP contribution in [0.3, 0.4) is 0 Å². The van der Waals surface area contributed by atoms with Gasteiger partial charge in [0.2, 0.25) is 0 Å². The van der Waals surface area contributed by atoms with Crippen molar-refractivity contribution in [3.05, 3.63) is 108 Å². The van der Waals surface area contributed by atoms with Gasteiger partial charge in [-0.05, 0) is 22.3 Å². The van der Waals surface area contributed by atoms with E-state index in [-0.39, 0.29) is 11.1 Å². The van der Waals surface area contributed by atoms with Crippen LogP contribution in [0.25, 0.3) is 11.1 Å². The molecule has 30 heavy (non-hydrogen) atoms. The standard InChI is InChI=1S/C23H15F7/c24-21(25,22(26,27)23(28,29)30)20(18-14-8-3-9-15-18)19(16-10-4-1-5-11-16)17-12-6-2-7-13-17/h1-15H. The van der Waals surface area contributed by atoms with Crippen LogP contribution in [0.2, 0.25) is 0 Å². The molecule has 0 heterocycles. The second-order valence-corrected chi connectivity index (χ2v) is 6.49. The molecule has 0 unspecified atom stereocenters. The Bertz CT molecular complexity index is 964. The topological polar surface area (TPSA) is 0 Å². The second kappa shape index (κ2) is 7.97. The second-order valence-electron chi connectivity index (χ2n) is 6.49. The van der Waals surface area contributed by atoms with Gasteiger partial charge in [-0.25, -0.2) is 0 Å². The fourth-order valence-corrected chi connectivity index (χ4v) is 3.09. The molecular weight excluding hydrogens is 409 g/mol. The number of halogens is 7. The van der Waals surface area contributed by atoms with E-state index >= 15 is 8.78 Å². The third kappa shape index (κ3) is 3.84. The molecule has 0 saturated carbocycles. The molecule has 0 aromatic heterocycles. The normalized spacial score (nSPS) is 12.5. The summed E-state index contributed by atoms with van der Waals surface area (Å²) in [5.41, 5.74) is -2.08. The summed E-state index contributed by atoms with van der Waals surface area (Å²) in [5, 5.41) is 0. The zero-order chi connectivity index (χ0) is 22.0. The predicted molar refractivity (Wildman–Crippen MR) is 101 cm³/mol. The predicted octanol–water partition coefficient (Wildman–Crippen LogP) is 7.48. The molecule has 0 nitrogen and oxygen atoms in total. The molecule has 0 amide bonds. The quantitative estimate of drug-likeness (QED) is 0.294. The summed E-state index contributed by atoms with van der Waals surface area (Å²) in [6.45, 7) is 0. The minimum Gasteiger partial charge on any atom is -0.194 e. The molecule has 0 bridgehead atoms. The van der Waals surface area contributed by atoms with Crippen LogP contribution < -0.4 is 0 Å². The third-order valence-corrected chi connectivity index (χ3v) is 4.50. The van der Waals surface area contributed by atoms with E-state index in [1.807, 2.05) is 0 Å². The fourth-order valence-electron chi connectivity index (χ4n) is 3.09. The lowest BCUT2D eigenvalue weighted by Crippen LogP contribution is -2.52. The van der Waals surface area contributed by atoms with Crippen molar-refractivity contribution in [2.45, 2.75) is 18.0 Å². The van der Waals surface area contributed by atoms with Gasteiger partial charge in [0.05, 0.1) is 0 Å². The number of benzene rings is 3. The van der Waals surface area contributed by atoms with Crippen molar-refractivity contribution >= 4 is 11.1 Å². The smallest absolute Gasteiger partial charge is 0.194 e. The van der Waals surface area contributed by atoms with Crippen molar-refractivity contribution in [1.29, 1.82) is 0 Å². The van der Waals surface area contributed by atoms with Gasteiger partial charge in [0.1, 0.15) is 0 Å². The Morgan fingerprint density at radius 3 is 1.13 bits per heavy atom. The molecule has 0 atom stereocenters. The molecule has 0 fully saturated rings. The molecule has 3 rings (SSSR count). The van der Waals surface area contributed by atoms with Crippen LogP contribution >= 0.6 is 0 Å². The lowest BCUT2D eigenvalue weighted by molar-refractivity contribution is -0.338. The van der Waals surface area contributed by atoms with Crippen molar-refractivity contribution in [3.63, 3.8) is 0 Å². The van der Waals surface area contributed by atoms with Gasteiger partial charge in [0, 0.05) is 5.57 Å². The highest BCUT2D eigenvalue weighted by atomic mass is 19.4. The molecule has 0 spiro atoms. The molecule has 0 saturated heterocycles. The maximum atomic E-state index is 15.1. The highest BCUT2D eigenvalue weighted by Gasteiger charge is 2.74. The van der Waals surface area contributed by atoms with Crippen molar-refractivity contribution < 1.29 is 30.7 Å². The number of rotatable bonds is 5. The van der Waals surface area contributed by atoms with Gasteiger partial charge in [-0.3, -0.25) is 0 Å². The monoisotopic (exact) mass is 424 g/mol. The van der Waals surface area contributed by atoms with Crippen LogP contribution in [0, 0.1) is 0 Å². The van der Waals surface area contributed by atoms with E-state index in [9.17, 15) is 22.0 Å². The Labute approximate surface area is 168 Å². The highest BCUT2D eigenvalue weighted by Crippen LogP contribution is 2.54. The van der Waals surface area contributed by atoms with Crippen LogP contribution in [-0.4, -0.2) is 18.0 Å². The lowest BCUT2D eigenvalue weighted by Gasteiger charge is -2.32. The molecule has 7 heteroatoms. The van der Waals surface area contributed by atoms with E-state index in [4.69, 9.17) is 0 Å². The Kier molecular flexibility index (Phi) is 5.74. The Morgan fingerprint density at radius 1 is 0.467 bits per heavy atom. The zero-order valence-electron chi connectivity index (χ0n) is 15.3. The van der Waals surface area contributed by atoms with Crippen LogP contribution in [0.4, 0.5) is 30.7 Å². The van der Waals surface area contributed by atoms with E-state index in [1.165, 1.54) is 66.7 Å². The lowest BCUT2D eigenvalue weighted by atomic mass is 9.84. The molecule has 3 aromatic carbocycles. The van der Waals surface area contributed by atoms with Gasteiger partial charge in [0.15, 0.2) is 0 Å². The Morgan fingerprint density at radius 2 is 0.800 bits per heavy atom. The number of allylic oxidation sites excluding steroid dienone is 1. The number of alkyl halides is 7. The molecule has 0 aliphatic carbocycles. The summed E-state index contributed by atoms with van der Waals surface area (Å²) in [6.07, 6.45) is -6.45. The molecule has 0 aliphatic heterocycles. The first-order valence-corrected chi connectivity index (χ1v) is 8.80. The van der Waals surface area contributed by atoms with Gasteiger partial charge >= 0.3 is 18.0 Å². The third-order valence-electron chi connectivity index (χ3n) is 4.50. The minimum atomic E-state index is -6.45. The number of hydrogen-bond acceptors (Lipinski definition) is 0. The van der Waals surface area contributed by atoms with Crippen LogP contribution in [0.1, 0.15) is 16.7 Å². The van der Waals surface area contributed by atoms with Gasteiger partial charge < -0.3 is 0 Å². The molecule has 3 aromatic rings. The highest BCUT2D eigenvalue weighted by molar-refractivity contribution is 6.01. The van der Waals surface area contributed by atoms with Gasteiger partial charge in [0.25, 0.3) is 0 Å².